The lowest BCUT2D eigenvalue weighted by Crippen LogP contribution is -1.98. The highest BCUT2D eigenvalue weighted by Crippen LogP contribution is 2.28. The van der Waals surface area contributed by atoms with Crippen molar-refractivity contribution >= 4 is 22.0 Å². The first kappa shape index (κ1) is 14.3. The predicted molar refractivity (Wildman–Crippen MR) is 83.8 cm³/mol. The van der Waals surface area contributed by atoms with Crippen LogP contribution in [0.2, 0.25) is 0 Å². The molecule has 2 heteroatoms. The molecule has 0 unspecified atom stereocenters. The number of aryl methyl sites for hydroxylation is 1. The van der Waals surface area contributed by atoms with Crippen molar-refractivity contribution in [3.05, 3.63) is 63.4 Å². The van der Waals surface area contributed by atoms with Gasteiger partial charge in [0.2, 0.25) is 0 Å². The Morgan fingerprint density at radius 2 is 2.00 bits per heavy atom. The molecule has 1 aromatic rings. The van der Waals surface area contributed by atoms with Crippen LogP contribution in [0.4, 0.5) is 4.39 Å². The molecule has 0 radical (unpaired) electrons. The van der Waals surface area contributed by atoms with Crippen LogP contribution >= 0.6 is 15.9 Å². The van der Waals surface area contributed by atoms with E-state index in [0.29, 0.717) is 6.42 Å². The molecular formula is C17H18BrF. The first-order chi connectivity index (χ1) is 9.20. The molecule has 2 rings (SSSR count). The van der Waals surface area contributed by atoms with Gasteiger partial charge in [0, 0.05) is 6.42 Å². The fourth-order valence-corrected chi connectivity index (χ4v) is 2.76. The Kier molecular flexibility index (Phi) is 5.15. The maximum Gasteiger partial charge on any atom is 0.100 e. The van der Waals surface area contributed by atoms with Gasteiger partial charge in [0.15, 0.2) is 0 Å². The third kappa shape index (κ3) is 3.90. The highest BCUT2D eigenvalue weighted by atomic mass is 79.9. The van der Waals surface area contributed by atoms with Gasteiger partial charge in [0.1, 0.15) is 5.83 Å². The van der Waals surface area contributed by atoms with Gasteiger partial charge in [-0.3, -0.25) is 0 Å². The molecule has 0 nitrogen and oxygen atoms in total. The van der Waals surface area contributed by atoms with Crippen LogP contribution in [0.5, 0.6) is 0 Å². The van der Waals surface area contributed by atoms with E-state index in [4.69, 9.17) is 0 Å². The van der Waals surface area contributed by atoms with Crippen molar-refractivity contribution in [3.63, 3.8) is 0 Å². The first-order valence-corrected chi connectivity index (χ1v) is 7.51. The van der Waals surface area contributed by atoms with Gasteiger partial charge in [-0.15, -0.1) is 0 Å². The van der Waals surface area contributed by atoms with Gasteiger partial charge in [0.25, 0.3) is 0 Å². The lowest BCUT2D eigenvalue weighted by atomic mass is 9.91. The minimum atomic E-state index is 0.0175. The highest BCUT2D eigenvalue weighted by Gasteiger charge is 2.11. The summed E-state index contributed by atoms with van der Waals surface area (Å²) in [4.78, 5) is 1.88. The van der Waals surface area contributed by atoms with Crippen molar-refractivity contribution in [1.82, 2.24) is 0 Å². The summed E-state index contributed by atoms with van der Waals surface area (Å²) >= 11 is 3.32. The minimum Gasteiger partial charge on any atom is -0.212 e. The third-order valence-corrected chi connectivity index (χ3v) is 3.85. The molecule has 0 spiro atoms. The minimum absolute atomic E-state index is 0.0175. The molecule has 1 aliphatic rings. The molecule has 0 N–H and O–H groups in total. The highest BCUT2D eigenvalue weighted by molar-refractivity contribution is 9.11. The largest absolute Gasteiger partial charge is 0.212 e. The zero-order chi connectivity index (χ0) is 13.7. The van der Waals surface area contributed by atoms with Crippen LogP contribution in [0.25, 0.3) is 6.08 Å². The van der Waals surface area contributed by atoms with Gasteiger partial charge in [-0.2, -0.15) is 0 Å². The summed E-state index contributed by atoms with van der Waals surface area (Å²) in [5, 5.41) is 0. The first-order valence-electron chi connectivity index (χ1n) is 6.60. The molecule has 0 fully saturated rings. The van der Waals surface area contributed by atoms with Crippen LogP contribution in [-0.4, -0.2) is 0 Å². The van der Waals surface area contributed by atoms with Crippen molar-refractivity contribution in [2.24, 2.45) is 0 Å². The Morgan fingerprint density at radius 3 is 2.74 bits per heavy atom. The average molecular weight is 321 g/mol. The summed E-state index contributed by atoms with van der Waals surface area (Å²) in [5.41, 5.74) is 5.08. The third-order valence-electron chi connectivity index (χ3n) is 3.59. The zero-order valence-corrected chi connectivity index (χ0v) is 12.7. The Hall–Kier alpha value is -1.15. The summed E-state index contributed by atoms with van der Waals surface area (Å²) in [6.45, 7) is 2.01. The number of hydrogen-bond donors (Lipinski definition) is 0. The summed E-state index contributed by atoms with van der Waals surface area (Å²) in [6, 6.07) is 8.41. The molecule has 0 atom stereocenters. The molecule has 1 aromatic carbocycles. The lowest BCUT2D eigenvalue weighted by molar-refractivity contribution is 0.573. The Morgan fingerprint density at radius 1 is 1.21 bits per heavy atom. The van der Waals surface area contributed by atoms with Gasteiger partial charge in [-0.1, -0.05) is 45.8 Å². The van der Waals surface area contributed by atoms with E-state index in [2.05, 4.69) is 46.3 Å². The Labute approximate surface area is 122 Å². The molecule has 0 heterocycles. The van der Waals surface area contributed by atoms with Crippen molar-refractivity contribution in [1.29, 1.82) is 0 Å². The van der Waals surface area contributed by atoms with E-state index in [1.165, 1.54) is 16.7 Å². The molecule has 1 aliphatic carbocycles. The van der Waals surface area contributed by atoms with Crippen molar-refractivity contribution in [3.8, 4) is 0 Å². The monoisotopic (exact) mass is 320 g/mol. The van der Waals surface area contributed by atoms with Crippen molar-refractivity contribution < 1.29 is 4.39 Å². The summed E-state index contributed by atoms with van der Waals surface area (Å²) in [6.07, 6.45) is 7.21. The zero-order valence-electron chi connectivity index (χ0n) is 11.1. The van der Waals surface area contributed by atoms with Crippen LogP contribution in [0, 0.1) is 0 Å². The molecule has 0 saturated carbocycles. The number of halogens is 2. The molecule has 19 heavy (non-hydrogen) atoms. The number of rotatable bonds is 4. The SMILES string of the molecule is CC1=C(CCc2ccccc2/C=C/Br)CCC(F)=C1. The van der Waals surface area contributed by atoms with Gasteiger partial charge < -0.3 is 0 Å². The second kappa shape index (κ2) is 6.85. The van der Waals surface area contributed by atoms with E-state index in [1.807, 2.05) is 11.9 Å². The van der Waals surface area contributed by atoms with Crippen LogP contribution in [0.15, 0.2) is 52.3 Å². The van der Waals surface area contributed by atoms with Gasteiger partial charge >= 0.3 is 0 Å². The normalized spacial score (nSPS) is 16.1. The van der Waals surface area contributed by atoms with Crippen LogP contribution in [-0.2, 0) is 6.42 Å². The van der Waals surface area contributed by atoms with Crippen LogP contribution < -0.4 is 0 Å². The molecular weight excluding hydrogens is 303 g/mol. The maximum atomic E-state index is 13.1. The predicted octanol–water partition coefficient (Wildman–Crippen LogP) is 5.95. The van der Waals surface area contributed by atoms with Crippen LogP contribution in [0.1, 0.15) is 37.3 Å². The molecule has 0 saturated heterocycles. The molecule has 0 aliphatic heterocycles. The molecule has 100 valence electrons. The average Bonchev–Trinajstić information content (AvgIpc) is 2.40. The second-order valence-electron chi connectivity index (χ2n) is 4.87. The number of allylic oxidation sites excluding steroid dienone is 4. The number of hydrogen-bond acceptors (Lipinski definition) is 0. The van der Waals surface area contributed by atoms with Gasteiger partial charge in [-0.25, -0.2) is 4.39 Å². The molecule has 0 amide bonds. The standard InChI is InChI=1S/C17H18BrF/c1-13-12-17(19)9-8-14(13)6-7-15-4-2-3-5-16(15)10-11-18/h2-5,10-12H,6-9H2,1H3/b11-10+. The molecule has 0 bridgehead atoms. The quantitative estimate of drug-likeness (QED) is 0.643. The fourth-order valence-electron chi connectivity index (χ4n) is 2.48. The van der Waals surface area contributed by atoms with Crippen molar-refractivity contribution in [2.75, 3.05) is 0 Å². The lowest BCUT2D eigenvalue weighted by Gasteiger charge is -2.15. The van der Waals surface area contributed by atoms with E-state index in [9.17, 15) is 4.39 Å². The number of benzene rings is 1. The Balaban J connectivity index is 2.09. The topological polar surface area (TPSA) is 0 Å². The van der Waals surface area contributed by atoms with E-state index < -0.39 is 0 Å². The summed E-state index contributed by atoms with van der Waals surface area (Å²) in [5.74, 6) is 0.0175. The Bertz CT molecular complexity index is 538. The van der Waals surface area contributed by atoms with Gasteiger partial charge in [0.05, 0.1) is 0 Å². The van der Waals surface area contributed by atoms with Gasteiger partial charge in [-0.05, 0) is 60.0 Å². The second-order valence-corrected chi connectivity index (χ2v) is 5.40. The van der Waals surface area contributed by atoms with E-state index in [1.54, 1.807) is 6.08 Å². The molecule has 0 aromatic heterocycles. The summed E-state index contributed by atoms with van der Waals surface area (Å²) in [7, 11) is 0. The van der Waals surface area contributed by atoms with Crippen molar-refractivity contribution in [2.45, 2.75) is 32.6 Å². The fraction of sp³-hybridized carbons (Fsp3) is 0.294. The summed E-state index contributed by atoms with van der Waals surface area (Å²) < 4.78 is 13.1. The van der Waals surface area contributed by atoms with E-state index in [0.717, 1.165) is 24.8 Å². The van der Waals surface area contributed by atoms with Crippen LogP contribution in [0.3, 0.4) is 0 Å². The smallest absolute Gasteiger partial charge is 0.100 e. The van der Waals surface area contributed by atoms with E-state index in [-0.39, 0.29) is 5.83 Å². The maximum absolute atomic E-state index is 13.1. The van der Waals surface area contributed by atoms with E-state index >= 15 is 0 Å².